The summed E-state index contributed by atoms with van der Waals surface area (Å²) < 4.78 is 2.45. The fourth-order valence-corrected chi connectivity index (χ4v) is 3.85. The highest BCUT2D eigenvalue weighted by atomic mass is 28.3. The number of hydrogen-bond acceptors (Lipinski definition) is 1. The first-order valence-corrected chi connectivity index (χ1v) is 7.76. The molecular weight excluding hydrogens is 162 g/mol. The molecule has 0 N–H and O–H groups in total. The van der Waals surface area contributed by atoms with E-state index in [0.29, 0.717) is 5.04 Å². The molecule has 0 unspecified atom stereocenters. The van der Waals surface area contributed by atoms with E-state index in [1.54, 1.807) is 0 Å². The molecule has 0 saturated carbocycles. The number of hydrogen-bond donors (Lipinski definition) is 0. The van der Waals surface area contributed by atoms with Gasteiger partial charge in [0.05, 0.1) is 0 Å². The molecule has 0 atom stereocenters. The third-order valence-electron chi connectivity index (χ3n) is 4.14. The van der Waals surface area contributed by atoms with Crippen LogP contribution in [0.5, 0.6) is 0 Å². The molecule has 12 heavy (non-hydrogen) atoms. The highest BCUT2D eigenvalue weighted by Gasteiger charge is 2.43. The molecule has 0 bridgehead atoms. The minimum Gasteiger partial charge on any atom is -0.329 e. The SMILES string of the molecule is CC(C)C(C)(C)[Si](C)(C)N(C)C. The average molecular weight is 187 g/mol. The van der Waals surface area contributed by atoms with E-state index in [-0.39, 0.29) is 0 Å². The van der Waals surface area contributed by atoms with Gasteiger partial charge in [0.25, 0.3) is 0 Å². The molecule has 0 fully saturated rings. The van der Waals surface area contributed by atoms with Crippen LogP contribution in [0.15, 0.2) is 0 Å². The Morgan fingerprint density at radius 3 is 1.50 bits per heavy atom. The maximum absolute atomic E-state index is 2.45. The smallest absolute Gasteiger partial charge is 0.127 e. The molecule has 0 radical (unpaired) electrons. The van der Waals surface area contributed by atoms with E-state index in [4.69, 9.17) is 0 Å². The van der Waals surface area contributed by atoms with Crippen LogP contribution >= 0.6 is 0 Å². The lowest BCUT2D eigenvalue weighted by Gasteiger charge is -2.47. The van der Waals surface area contributed by atoms with E-state index < -0.39 is 8.24 Å². The molecule has 0 saturated heterocycles. The van der Waals surface area contributed by atoms with Gasteiger partial charge in [-0.1, -0.05) is 40.8 Å². The maximum Gasteiger partial charge on any atom is 0.127 e. The van der Waals surface area contributed by atoms with E-state index in [0.717, 1.165) is 5.92 Å². The Morgan fingerprint density at radius 2 is 1.42 bits per heavy atom. The van der Waals surface area contributed by atoms with Crippen molar-refractivity contribution in [3.8, 4) is 0 Å². The second kappa shape index (κ2) is 3.50. The van der Waals surface area contributed by atoms with Crippen LogP contribution in [0.3, 0.4) is 0 Å². The standard InChI is InChI=1S/C10H25NSi/c1-9(2)10(3,4)12(7,8)11(5)6/h9H,1-8H3. The molecule has 0 aromatic carbocycles. The zero-order chi connectivity index (χ0) is 10.2. The molecule has 0 heterocycles. The van der Waals surface area contributed by atoms with Gasteiger partial charge < -0.3 is 4.57 Å². The Labute approximate surface area is 79.2 Å². The molecule has 0 aliphatic heterocycles. The minimum absolute atomic E-state index is 0.483. The van der Waals surface area contributed by atoms with Gasteiger partial charge in [0.15, 0.2) is 0 Å². The van der Waals surface area contributed by atoms with Gasteiger partial charge in [0, 0.05) is 0 Å². The van der Waals surface area contributed by atoms with Crippen LogP contribution in [0.25, 0.3) is 0 Å². The highest BCUT2D eigenvalue weighted by molar-refractivity contribution is 6.77. The predicted molar refractivity (Wildman–Crippen MR) is 60.0 cm³/mol. The highest BCUT2D eigenvalue weighted by Crippen LogP contribution is 2.44. The first kappa shape index (κ1) is 12.2. The van der Waals surface area contributed by atoms with Gasteiger partial charge >= 0.3 is 0 Å². The summed E-state index contributed by atoms with van der Waals surface area (Å²) in [6.07, 6.45) is 0. The van der Waals surface area contributed by atoms with E-state index in [9.17, 15) is 0 Å². The lowest BCUT2D eigenvalue weighted by molar-refractivity contribution is 0.418. The lowest BCUT2D eigenvalue weighted by Crippen LogP contribution is -2.53. The molecule has 0 amide bonds. The molecule has 2 heteroatoms. The molecule has 0 rings (SSSR count). The van der Waals surface area contributed by atoms with Crippen molar-refractivity contribution < 1.29 is 0 Å². The molecule has 0 aromatic heterocycles. The summed E-state index contributed by atoms with van der Waals surface area (Å²) in [4.78, 5) is 0. The zero-order valence-corrected chi connectivity index (χ0v) is 11.0. The Balaban J connectivity index is 4.75. The predicted octanol–water partition coefficient (Wildman–Crippen LogP) is 3.19. The summed E-state index contributed by atoms with van der Waals surface area (Å²) in [6.45, 7) is 14.4. The van der Waals surface area contributed by atoms with Crippen LogP contribution in [-0.4, -0.2) is 26.9 Å². The molecular formula is C10H25NSi. The van der Waals surface area contributed by atoms with Gasteiger partial charge in [-0.3, -0.25) is 0 Å². The molecule has 0 aromatic rings. The van der Waals surface area contributed by atoms with Crippen molar-refractivity contribution in [2.45, 2.75) is 45.8 Å². The van der Waals surface area contributed by atoms with Gasteiger partial charge in [0.2, 0.25) is 0 Å². The van der Waals surface area contributed by atoms with Crippen molar-refractivity contribution in [1.29, 1.82) is 0 Å². The van der Waals surface area contributed by atoms with Crippen LogP contribution < -0.4 is 0 Å². The van der Waals surface area contributed by atoms with Gasteiger partial charge in [-0.05, 0) is 25.1 Å². The Morgan fingerprint density at radius 1 is 1.08 bits per heavy atom. The van der Waals surface area contributed by atoms with E-state index in [1.807, 2.05) is 0 Å². The summed E-state index contributed by atoms with van der Waals surface area (Å²) in [5.74, 6) is 0.765. The Bertz CT molecular complexity index is 130. The first-order chi connectivity index (χ1) is 5.14. The number of rotatable bonds is 3. The largest absolute Gasteiger partial charge is 0.329 e. The average Bonchev–Trinajstić information content (AvgIpc) is 1.86. The van der Waals surface area contributed by atoms with Gasteiger partial charge in [-0.15, -0.1) is 0 Å². The lowest BCUT2D eigenvalue weighted by atomic mass is 9.99. The summed E-state index contributed by atoms with van der Waals surface area (Å²) >= 11 is 0. The van der Waals surface area contributed by atoms with Crippen LogP contribution in [0.4, 0.5) is 0 Å². The van der Waals surface area contributed by atoms with Gasteiger partial charge in [-0.2, -0.15) is 0 Å². The molecule has 74 valence electrons. The third-order valence-corrected chi connectivity index (χ3v) is 10.1. The van der Waals surface area contributed by atoms with Crippen LogP contribution in [-0.2, 0) is 0 Å². The van der Waals surface area contributed by atoms with Crippen LogP contribution in [0.2, 0.25) is 18.1 Å². The summed E-state index contributed by atoms with van der Waals surface area (Å²) in [6, 6.07) is 0. The van der Waals surface area contributed by atoms with Crippen molar-refractivity contribution in [3.05, 3.63) is 0 Å². The third kappa shape index (κ3) is 1.91. The minimum atomic E-state index is -1.24. The van der Waals surface area contributed by atoms with Crippen molar-refractivity contribution in [2.24, 2.45) is 5.92 Å². The molecule has 0 aliphatic rings. The Hall–Kier alpha value is 0.177. The second-order valence-corrected chi connectivity index (χ2v) is 10.6. The number of nitrogens with zero attached hydrogens (tertiary/aromatic N) is 1. The van der Waals surface area contributed by atoms with Gasteiger partial charge in [-0.25, -0.2) is 0 Å². The van der Waals surface area contributed by atoms with Crippen molar-refractivity contribution in [1.82, 2.24) is 4.57 Å². The monoisotopic (exact) mass is 187 g/mol. The second-order valence-electron chi connectivity index (χ2n) is 5.33. The molecule has 0 aliphatic carbocycles. The fraction of sp³-hybridized carbons (Fsp3) is 1.00. The maximum atomic E-state index is 2.45. The van der Waals surface area contributed by atoms with E-state index in [1.165, 1.54) is 0 Å². The fourth-order valence-electron chi connectivity index (χ4n) is 1.28. The van der Waals surface area contributed by atoms with E-state index in [2.05, 4.69) is 59.4 Å². The quantitative estimate of drug-likeness (QED) is 0.613. The van der Waals surface area contributed by atoms with Crippen molar-refractivity contribution in [2.75, 3.05) is 14.1 Å². The summed E-state index contributed by atoms with van der Waals surface area (Å²) in [5.41, 5.74) is 0. The van der Waals surface area contributed by atoms with Gasteiger partial charge in [0.1, 0.15) is 8.24 Å². The zero-order valence-electron chi connectivity index (χ0n) is 10.0. The van der Waals surface area contributed by atoms with Crippen molar-refractivity contribution >= 4 is 8.24 Å². The van der Waals surface area contributed by atoms with Crippen molar-refractivity contribution in [3.63, 3.8) is 0 Å². The molecule has 0 spiro atoms. The Kier molecular flexibility index (Phi) is 3.56. The topological polar surface area (TPSA) is 3.24 Å². The van der Waals surface area contributed by atoms with Crippen LogP contribution in [0.1, 0.15) is 27.7 Å². The normalized spacial score (nSPS) is 14.5. The van der Waals surface area contributed by atoms with E-state index >= 15 is 0 Å². The van der Waals surface area contributed by atoms with Crippen LogP contribution in [0, 0.1) is 5.92 Å². The summed E-state index contributed by atoms with van der Waals surface area (Å²) in [7, 11) is 3.20. The first-order valence-electron chi connectivity index (χ1n) is 4.81. The summed E-state index contributed by atoms with van der Waals surface area (Å²) in [5, 5.41) is 0.483. The molecule has 1 nitrogen and oxygen atoms in total.